The molecule has 1 unspecified atom stereocenters. The highest BCUT2D eigenvalue weighted by Gasteiger charge is 2.36. The molecule has 0 radical (unpaired) electrons. The normalized spacial score (nSPS) is 25.3. The maximum atomic E-state index is 12.0. The third-order valence-corrected chi connectivity index (χ3v) is 3.69. The van der Waals surface area contributed by atoms with Crippen molar-refractivity contribution >= 4 is 11.8 Å². The van der Waals surface area contributed by atoms with E-state index in [0.29, 0.717) is 13.1 Å². The van der Waals surface area contributed by atoms with E-state index in [1.807, 2.05) is 0 Å². The highest BCUT2D eigenvalue weighted by molar-refractivity contribution is 5.87. The fourth-order valence-corrected chi connectivity index (χ4v) is 2.67. The number of hydrogen-bond donors (Lipinski definition) is 1. The molecule has 0 bridgehead atoms. The number of carbonyl (C=O) groups is 2. The van der Waals surface area contributed by atoms with Crippen LogP contribution in [0.5, 0.6) is 0 Å². The lowest BCUT2D eigenvalue weighted by atomic mass is 10.1. The lowest BCUT2D eigenvalue weighted by molar-refractivity contribution is -0.147. The Bertz CT molecular complexity index is 330. The molecule has 2 saturated heterocycles. The summed E-state index contributed by atoms with van der Waals surface area (Å²) >= 11 is 0. The fraction of sp³-hybridized carbons (Fsp3) is 0.846. The Balaban J connectivity index is 1.83. The molecule has 2 heterocycles. The van der Waals surface area contributed by atoms with E-state index in [-0.39, 0.29) is 24.4 Å². The van der Waals surface area contributed by atoms with E-state index in [9.17, 15) is 9.59 Å². The van der Waals surface area contributed by atoms with Gasteiger partial charge in [0.1, 0.15) is 0 Å². The maximum Gasteiger partial charge on any atom is 0.239 e. The van der Waals surface area contributed by atoms with Crippen LogP contribution >= 0.6 is 0 Å². The molecule has 2 fully saturated rings. The number of nitrogens with zero attached hydrogens (tertiary/aromatic N) is 2. The van der Waals surface area contributed by atoms with E-state index in [4.69, 9.17) is 0 Å². The molecular formula is C13H23N3O2. The Morgan fingerprint density at radius 3 is 2.83 bits per heavy atom. The van der Waals surface area contributed by atoms with Gasteiger partial charge in [-0.2, -0.15) is 0 Å². The van der Waals surface area contributed by atoms with Gasteiger partial charge in [0.05, 0.1) is 19.1 Å². The molecule has 18 heavy (non-hydrogen) atoms. The van der Waals surface area contributed by atoms with Crippen molar-refractivity contribution in [2.45, 2.75) is 32.7 Å². The highest BCUT2D eigenvalue weighted by atomic mass is 16.2. The molecule has 0 aromatic rings. The second-order valence-corrected chi connectivity index (χ2v) is 5.75. The van der Waals surface area contributed by atoms with Gasteiger partial charge in [-0.05, 0) is 25.3 Å². The quantitative estimate of drug-likeness (QED) is 0.771. The van der Waals surface area contributed by atoms with Crippen LogP contribution in [0.4, 0.5) is 0 Å². The first-order valence-corrected chi connectivity index (χ1v) is 6.85. The molecular weight excluding hydrogens is 230 g/mol. The molecule has 2 amide bonds. The van der Waals surface area contributed by atoms with E-state index in [2.05, 4.69) is 24.1 Å². The summed E-state index contributed by atoms with van der Waals surface area (Å²) in [6.45, 7) is 7.64. The van der Waals surface area contributed by atoms with Gasteiger partial charge in [0.25, 0.3) is 0 Å². The Kier molecular flexibility index (Phi) is 4.22. The van der Waals surface area contributed by atoms with Crippen LogP contribution in [0.1, 0.15) is 26.7 Å². The largest absolute Gasteiger partial charge is 0.352 e. The summed E-state index contributed by atoms with van der Waals surface area (Å²) in [7, 11) is 0. The van der Waals surface area contributed by atoms with Crippen LogP contribution < -0.4 is 5.32 Å². The summed E-state index contributed by atoms with van der Waals surface area (Å²) in [5.41, 5.74) is 0. The molecule has 0 aromatic heterocycles. The van der Waals surface area contributed by atoms with Crippen molar-refractivity contribution in [3.63, 3.8) is 0 Å². The van der Waals surface area contributed by atoms with Gasteiger partial charge in [0.2, 0.25) is 11.8 Å². The van der Waals surface area contributed by atoms with Gasteiger partial charge in [-0.25, -0.2) is 0 Å². The SMILES string of the molecule is CC(C)CCCN1CC(=O)N2CC(=O)NCC2C1. The molecule has 2 aliphatic heterocycles. The number of fused-ring (bicyclic) bond motifs is 1. The van der Waals surface area contributed by atoms with E-state index in [0.717, 1.165) is 25.4 Å². The van der Waals surface area contributed by atoms with Crippen LogP contribution in [0.2, 0.25) is 0 Å². The first-order chi connectivity index (χ1) is 8.56. The summed E-state index contributed by atoms with van der Waals surface area (Å²) in [4.78, 5) is 27.2. The standard InChI is InChI=1S/C13H23N3O2/c1-10(2)4-3-5-15-7-11-6-14-12(17)8-16(11)13(18)9-15/h10-11H,3-9H2,1-2H3,(H,14,17). The molecule has 0 saturated carbocycles. The lowest BCUT2D eigenvalue weighted by Crippen LogP contribution is -2.65. The van der Waals surface area contributed by atoms with Gasteiger partial charge in [-0.3, -0.25) is 14.5 Å². The zero-order valence-corrected chi connectivity index (χ0v) is 11.3. The number of rotatable bonds is 4. The average Bonchev–Trinajstić information content (AvgIpc) is 2.30. The molecule has 0 spiro atoms. The summed E-state index contributed by atoms with van der Waals surface area (Å²) in [5.74, 6) is 0.787. The third-order valence-electron chi connectivity index (χ3n) is 3.69. The minimum Gasteiger partial charge on any atom is -0.352 e. The van der Waals surface area contributed by atoms with Crippen molar-refractivity contribution < 1.29 is 9.59 Å². The summed E-state index contributed by atoms with van der Waals surface area (Å²) < 4.78 is 0. The first-order valence-electron chi connectivity index (χ1n) is 6.85. The van der Waals surface area contributed by atoms with Crippen LogP contribution in [-0.4, -0.2) is 60.4 Å². The lowest BCUT2D eigenvalue weighted by Gasteiger charge is -2.43. The van der Waals surface area contributed by atoms with Crippen LogP contribution in [0.3, 0.4) is 0 Å². The number of carbonyl (C=O) groups excluding carboxylic acids is 2. The Labute approximate surface area is 108 Å². The maximum absolute atomic E-state index is 12.0. The highest BCUT2D eigenvalue weighted by Crippen LogP contribution is 2.14. The molecule has 1 atom stereocenters. The monoisotopic (exact) mass is 253 g/mol. The minimum atomic E-state index is -0.0344. The minimum absolute atomic E-state index is 0.0344. The van der Waals surface area contributed by atoms with Gasteiger partial charge in [-0.1, -0.05) is 13.8 Å². The van der Waals surface area contributed by atoms with E-state index < -0.39 is 0 Å². The van der Waals surface area contributed by atoms with Gasteiger partial charge < -0.3 is 10.2 Å². The number of nitrogens with one attached hydrogen (secondary N) is 1. The number of piperazine rings is 2. The smallest absolute Gasteiger partial charge is 0.239 e. The van der Waals surface area contributed by atoms with E-state index in [1.54, 1.807) is 4.90 Å². The number of amides is 2. The van der Waals surface area contributed by atoms with Crippen LogP contribution in [-0.2, 0) is 9.59 Å². The molecule has 102 valence electrons. The Morgan fingerprint density at radius 1 is 1.33 bits per heavy atom. The predicted octanol–water partition coefficient (Wildman–Crippen LogP) is 0.0652. The van der Waals surface area contributed by atoms with Crippen molar-refractivity contribution in [2.24, 2.45) is 5.92 Å². The van der Waals surface area contributed by atoms with Crippen molar-refractivity contribution in [3.8, 4) is 0 Å². The average molecular weight is 253 g/mol. The fourth-order valence-electron chi connectivity index (χ4n) is 2.67. The first kappa shape index (κ1) is 13.3. The summed E-state index contributed by atoms with van der Waals surface area (Å²) in [6.07, 6.45) is 2.35. The van der Waals surface area contributed by atoms with E-state index in [1.165, 1.54) is 6.42 Å². The van der Waals surface area contributed by atoms with Crippen molar-refractivity contribution in [3.05, 3.63) is 0 Å². The zero-order chi connectivity index (χ0) is 13.1. The van der Waals surface area contributed by atoms with Crippen molar-refractivity contribution in [1.29, 1.82) is 0 Å². The predicted molar refractivity (Wildman–Crippen MR) is 69.0 cm³/mol. The number of hydrogen-bond acceptors (Lipinski definition) is 3. The van der Waals surface area contributed by atoms with Crippen LogP contribution in [0.25, 0.3) is 0 Å². The zero-order valence-electron chi connectivity index (χ0n) is 11.3. The van der Waals surface area contributed by atoms with Crippen molar-refractivity contribution in [2.75, 3.05) is 32.7 Å². The molecule has 5 nitrogen and oxygen atoms in total. The second kappa shape index (κ2) is 5.69. The molecule has 2 aliphatic rings. The summed E-state index contributed by atoms with van der Waals surface area (Å²) in [6, 6.07) is 0.169. The topological polar surface area (TPSA) is 52.7 Å². The molecule has 5 heteroatoms. The van der Waals surface area contributed by atoms with Gasteiger partial charge in [0, 0.05) is 13.1 Å². The van der Waals surface area contributed by atoms with Crippen molar-refractivity contribution in [1.82, 2.24) is 15.1 Å². The van der Waals surface area contributed by atoms with E-state index >= 15 is 0 Å². The third kappa shape index (κ3) is 3.22. The second-order valence-electron chi connectivity index (χ2n) is 5.75. The molecule has 1 N–H and O–H groups in total. The molecule has 0 aliphatic carbocycles. The summed E-state index contributed by atoms with van der Waals surface area (Å²) in [5, 5.41) is 2.84. The van der Waals surface area contributed by atoms with Gasteiger partial charge >= 0.3 is 0 Å². The van der Waals surface area contributed by atoms with Crippen LogP contribution in [0, 0.1) is 5.92 Å². The Hall–Kier alpha value is -1.10. The molecule has 2 rings (SSSR count). The van der Waals surface area contributed by atoms with Gasteiger partial charge in [0.15, 0.2) is 0 Å². The Morgan fingerprint density at radius 2 is 2.11 bits per heavy atom. The van der Waals surface area contributed by atoms with Gasteiger partial charge in [-0.15, -0.1) is 0 Å². The molecule has 0 aromatic carbocycles. The van der Waals surface area contributed by atoms with Crippen LogP contribution in [0.15, 0.2) is 0 Å².